The molecular weight excluding hydrogens is 494 g/mol. The Labute approximate surface area is 213 Å². The van der Waals surface area contributed by atoms with Crippen molar-refractivity contribution in [1.29, 1.82) is 5.26 Å². The molecule has 1 amide bonds. The third-order valence-electron chi connectivity index (χ3n) is 5.30. The van der Waals surface area contributed by atoms with Crippen molar-refractivity contribution < 1.29 is 14.3 Å². The maximum atomic E-state index is 12.9. The summed E-state index contributed by atoms with van der Waals surface area (Å²) >= 11 is 1.26. The minimum Gasteiger partial charge on any atom is -0.490 e. The van der Waals surface area contributed by atoms with Crippen LogP contribution in [-0.4, -0.2) is 44.3 Å². The van der Waals surface area contributed by atoms with Crippen LogP contribution in [0.2, 0.25) is 0 Å². The molecule has 3 N–H and O–H groups in total. The molecule has 2 aromatic carbocycles. The smallest absolute Gasteiger partial charge is 0.312 e. The van der Waals surface area contributed by atoms with Crippen molar-refractivity contribution in [2.45, 2.75) is 6.54 Å². The van der Waals surface area contributed by atoms with Crippen molar-refractivity contribution >= 4 is 27.5 Å². The molecular formula is C25H19N7O4S. The van der Waals surface area contributed by atoms with Gasteiger partial charge in [-0.15, -0.1) is 11.3 Å². The summed E-state index contributed by atoms with van der Waals surface area (Å²) in [4.78, 5) is 36.9. The molecule has 12 heteroatoms. The van der Waals surface area contributed by atoms with E-state index in [0.717, 1.165) is 11.1 Å². The summed E-state index contributed by atoms with van der Waals surface area (Å²) in [5.41, 5.74) is 2.28. The van der Waals surface area contributed by atoms with Crippen LogP contribution >= 0.6 is 11.3 Å². The largest absolute Gasteiger partial charge is 0.490 e. The first-order valence-corrected chi connectivity index (χ1v) is 12.0. The van der Waals surface area contributed by atoms with Gasteiger partial charge in [-0.1, -0.05) is 24.3 Å². The van der Waals surface area contributed by atoms with E-state index in [1.165, 1.54) is 17.7 Å². The number of fused-ring (bicyclic) bond motifs is 1. The highest BCUT2D eigenvalue weighted by Crippen LogP contribution is 2.31. The molecule has 3 heterocycles. The highest BCUT2D eigenvalue weighted by atomic mass is 32.1. The number of carbonyl (C=O) groups excluding carboxylic acids is 1. The van der Waals surface area contributed by atoms with Crippen LogP contribution in [0.1, 0.15) is 21.7 Å². The SMILES string of the molecule is N#Cc1cccc(-c2csc3nc(C(=O)NCc4cccc(OCCOc5ncn[nH]5)c4)[nH]c(=O)c23)c1. The first-order chi connectivity index (χ1) is 18.1. The third-order valence-corrected chi connectivity index (χ3v) is 6.17. The lowest BCUT2D eigenvalue weighted by atomic mass is 10.0. The number of hydrogen-bond acceptors (Lipinski definition) is 9. The number of carbonyl (C=O) groups is 1. The van der Waals surface area contributed by atoms with Gasteiger partial charge in [0, 0.05) is 17.5 Å². The first-order valence-electron chi connectivity index (χ1n) is 11.1. The van der Waals surface area contributed by atoms with Gasteiger partial charge in [-0.3, -0.25) is 9.59 Å². The number of thiophene rings is 1. The third kappa shape index (κ3) is 5.47. The van der Waals surface area contributed by atoms with E-state index in [4.69, 9.17) is 14.7 Å². The number of aromatic nitrogens is 5. The molecule has 5 aromatic rings. The molecule has 0 atom stereocenters. The van der Waals surface area contributed by atoms with Crippen LogP contribution in [0.3, 0.4) is 0 Å². The second-order valence-electron chi connectivity index (χ2n) is 7.75. The second kappa shape index (κ2) is 10.7. The van der Waals surface area contributed by atoms with Crippen molar-refractivity contribution in [1.82, 2.24) is 30.5 Å². The van der Waals surface area contributed by atoms with Crippen molar-refractivity contribution in [2.24, 2.45) is 0 Å². The fraction of sp³-hybridized carbons (Fsp3) is 0.120. The highest BCUT2D eigenvalue weighted by Gasteiger charge is 2.16. The second-order valence-corrected chi connectivity index (χ2v) is 8.61. The summed E-state index contributed by atoms with van der Waals surface area (Å²) in [6, 6.07) is 16.7. The van der Waals surface area contributed by atoms with Gasteiger partial charge >= 0.3 is 6.01 Å². The number of H-pyrrole nitrogens is 2. The topological polar surface area (TPSA) is 159 Å². The molecule has 0 aliphatic carbocycles. The number of hydrogen-bond donors (Lipinski definition) is 3. The Morgan fingerprint density at radius 2 is 2.00 bits per heavy atom. The van der Waals surface area contributed by atoms with Crippen molar-refractivity contribution in [2.75, 3.05) is 13.2 Å². The Hall–Kier alpha value is -5.02. The van der Waals surface area contributed by atoms with Gasteiger partial charge in [0.25, 0.3) is 11.5 Å². The standard InChI is InChI=1S/C25H19N7O4S/c26-11-15-3-1-5-17(9-15)19-13-37-24-20(19)22(33)30-21(31-24)23(34)27-12-16-4-2-6-18(10-16)35-7-8-36-25-28-14-29-32-25/h1-6,9-10,13-14H,7-8,12H2,(H,27,34)(H,28,29,32)(H,30,31,33). The molecule has 0 unspecified atom stereocenters. The summed E-state index contributed by atoms with van der Waals surface area (Å²) in [5, 5.41) is 20.4. The predicted molar refractivity (Wildman–Crippen MR) is 135 cm³/mol. The fourth-order valence-electron chi connectivity index (χ4n) is 3.60. The molecule has 0 fully saturated rings. The quantitative estimate of drug-likeness (QED) is 0.254. The maximum Gasteiger partial charge on any atom is 0.312 e. The van der Waals surface area contributed by atoms with E-state index in [-0.39, 0.29) is 19.0 Å². The maximum absolute atomic E-state index is 12.9. The summed E-state index contributed by atoms with van der Waals surface area (Å²) < 4.78 is 11.0. The molecule has 0 spiro atoms. The number of amides is 1. The van der Waals surface area contributed by atoms with Crippen LogP contribution in [0, 0.1) is 11.3 Å². The Morgan fingerprint density at radius 1 is 1.14 bits per heavy atom. The molecule has 0 aliphatic heterocycles. The molecule has 3 aromatic heterocycles. The van der Waals surface area contributed by atoms with Crippen molar-refractivity contribution in [3.63, 3.8) is 0 Å². The lowest BCUT2D eigenvalue weighted by Gasteiger charge is -2.09. The zero-order valence-corrected chi connectivity index (χ0v) is 20.0. The number of nitrogens with one attached hydrogen (secondary N) is 3. The van der Waals surface area contributed by atoms with Gasteiger partial charge in [0.05, 0.1) is 17.0 Å². The molecule has 0 aliphatic rings. The zero-order valence-electron chi connectivity index (χ0n) is 19.2. The number of ether oxygens (including phenoxy) is 2. The Kier molecular flexibility index (Phi) is 6.87. The van der Waals surface area contributed by atoms with Crippen LogP contribution in [0.5, 0.6) is 11.8 Å². The average Bonchev–Trinajstić information content (AvgIpc) is 3.60. The molecule has 0 saturated heterocycles. The summed E-state index contributed by atoms with van der Waals surface area (Å²) in [5.74, 6) is 0.0355. The van der Waals surface area contributed by atoms with Crippen LogP contribution in [0.15, 0.2) is 65.0 Å². The average molecular weight is 514 g/mol. The Bertz CT molecular complexity index is 1650. The molecule has 0 radical (unpaired) electrons. The number of nitrogens with zero attached hydrogens (tertiary/aromatic N) is 4. The number of rotatable bonds is 9. The molecule has 0 saturated carbocycles. The molecule has 184 valence electrons. The minimum atomic E-state index is -0.507. The van der Waals surface area contributed by atoms with E-state index in [9.17, 15) is 9.59 Å². The summed E-state index contributed by atoms with van der Waals surface area (Å²) in [6.45, 7) is 0.792. The van der Waals surface area contributed by atoms with Gasteiger partial charge in [-0.2, -0.15) is 15.3 Å². The van der Waals surface area contributed by atoms with E-state index >= 15 is 0 Å². The highest BCUT2D eigenvalue weighted by molar-refractivity contribution is 7.17. The lowest BCUT2D eigenvalue weighted by Crippen LogP contribution is -2.27. The van der Waals surface area contributed by atoms with Gasteiger partial charge in [0.2, 0.25) is 5.82 Å². The van der Waals surface area contributed by atoms with Gasteiger partial charge in [0.1, 0.15) is 30.1 Å². The van der Waals surface area contributed by atoms with E-state index in [0.29, 0.717) is 39.7 Å². The number of benzene rings is 2. The Morgan fingerprint density at radius 3 is 2.84 bits per heavy atom. The van der Waals surface area contributed by atoms with Gasteiger partial charge < -0.3 is 19.8 Å². The van der Waals surface area contributed by atoms with E-state index in [1.807, 2.05) is 18.2 Å². The van der Waals surface area contributed by atoms with Crippen molar-refractivity contribution in [3.05, 3.63) is 87.5 Å². The summed E-state index contributed by atoms with van der Waals surface area (Å²) in [6.07, 6.45) is 1.35. The number of nitriles is 1. The number of aromatic amines is 2. The zero-order chi connectivity index (χ0) is 25.6. The van der Waals surface area contributed by atoms with Gasteiger partial charge in [-0.25, -0.2) is 10.1 Å². The normalized spacial score (nSPS) is 10.7. The fourth-order valence-corrected chi connectivity index (χ4v) is 4.55. The van der Waals surface area contributed by atoms with E-state index in [1.54, 1.807) is 35.7 Å². The summed E-state index contributed by atoms with van der Waals surface area (Å²) in [7, 11) is 0. The van der Waals surface area contributed by atoms with Gasteiger partial charge in [0.15, 0.2) is 0 Å². The Balaban J connectivity index is 1.23. The molecule has 37 heavy (non-hydrogen) atoms. The van der Waals surface area contributed by atoms with Crippen LogP contribution < -0.4 is 20.3 Å². The van der Waals surface area contributed by atoms with Crippen LogP contribution in [0.25, 0.3) is 21.3 Å². The molecule has 5 rings (SSSR count). The first kappa shape index (κ1) is 23.7. The van der Waals surface area contributed by atoms with Gasteiger partial charge in [-0.05, 0) is 35.4 Å². The van der Waals surface area contributed by atoms with E-state index < -0.39 is 11.5 Å². The monoisotopic (exact) mass is 513 g/mol. The lowest BCUT2D eigenvalue weighted by molar-refractivity contribution is 0.0940. The van der Waals surface area contributed by atoms with Crippen LogP contribution in [-0.2, 0) is 6.54 Å². The predicted octanol–water partition coefficient (Wildman–Crippen LogP) is 3.03. The minimum absolute atomic E-state index is 0.0753. The van der Waals surface area contributed by atoms with Crippen molar-refractivity contribution in [3.8, 4) is 29.0 Å². The molecule has 11 nitrogen and oxygen atoms in total. The van der Waals surface area contributed by atoms with Crippen LogP contribution in [0.4, 0.5) is 0 Å². The molecule has 0 bridgehead atoms. The van der Waals surface area contributed by atoms with E-state index in [2.05, 4.69) is 36.5 Å².